The lowest BCUT2D eigenvalue weighted by molar-refractivity contribution is 0.768. The number of nitrogens with one attached hydrogen (secondary N) is 1. The van der Waals surface area contributed by atoms with Gasteiger partial charge in [-0.15, -0.1) is 0 Å². The summed E-state index contributed by atoms with van der Waals surface area (Å²) in [6.07, 6.45) is 6.63. The second-order valence-electron chi connectivity index (χ2n) is 3.18. The first-order valence-electron chi connectivity index (χ1n) is 4.52. The summed E-state index contributed by atoms with van der Waals surface area (Å²) in [6, 6.07) is 0. The number of nitrogens with two attached hydrogens (primary N) is 1. The molecular weight excluding hydrogens is 224 g/mol. The Morgan fingerprint density at radius 3 is 2.69 bits per heavy atom. The molecule has 0 aromatic carbocycles. The third kappa shape index (κ3) is 2.31. The summed E-state index contributed by atoms with van der Waals surface area (Å²) in [5.41, 5.74) is 6.77. The maximum atomic E-state index is 5.41. The molecule has 82 valence electrons. The number of hydrogen-bond donors (Lipinski definition) is 2. The van der Waals surface area contributed by atoms with Crippen LogP contribution < -0.4 is 11.1 Å². The summed E-state index contributed by atoms with van der Waals surface area (Å²) in [7, 11) is 1.84. The van der Waals surface area contributed by atoms with E-state index < -0.39 is 0 Å². The molecule has 0 unspecified atom stereocenters. The zero-order valence-electron chi connectivity index (χ0n) is 8.58. The van der Waals surface area contributed by atoms with E-state index in [0.29, 0.717) is 11.5 Å². The van der Waals surface area contributed by atoms with E-state index in [1.807, 2.05) is 13.2 Å². The summed E-state index contributed by atoms with van der Waals surface area (Å²) < 4.78 is 1.69. The van der Waals surface area contributed by atoms with Crippen LogP contribution in [0.3, 0.4) is 0 Å². The monoisotopic (exact) mass is 234 g/mol. The second kappa shape index (κ2) is 4.23. The van der Waals surface area contributed by atoms with E-state index in [2.05, 4.69) is 20.4 Å². The number of thiocarbonyl (C=S) groups is 1. The van der Waals surface area contributed by atoms with Crippen LogP contribution in [0.5, 0.6) is 0 Å². The Labute approximate surface area is 97.5 Å². The number of hydrogen-bond acceptors (Lipinski definition) is 5. The largest absolute Gasteiger partial charge is 0.388 e. The predicted molar refractivity (Wildman–Crippen MR) is 64.4 cm³/mol. The van der Waals surface area contributed by atoms with Crippen LogP contribution in [0.4, 0.5) is 11.5 Å². The minimum absolute atomic E-state index is 0.237. The van der Waals surface area contributed by atoms with Gasteiger partial charge in [-0.25, -0.2) is 9.97 Å². The normalized spacial score (nSPS) is 10.1. The molecule has 16 heavy (non-hydrogen) atoms. The van der Waals surface area contributed by atoms with Crippen molar-refractivity contribution in [1.82, 2.24) is 19.7 Å². The van der Waals surface area contributed by atoms with Gasteiger partial charge >= 0.3 is 0 Å². The van der Waals surface area contributed by atoms with Gasteiger partial charge in [0.15, 0.2) is 0 Å². The van der Waals surface area contributed by atoms with E-state index in [0.717, 1.165) is 5.69 Å². The van der Waals surface area contributed by atoms with Crippen molar-refractivity contribution in [3.05, 3.63) is 30.5 Å². The van der Waals surface area contributed by atoms with Crippen molar-refractivity contribution in [2.45, 2.75) is 0 Å². The molecule has 0 bridgehead atoms. The maximum absolute atomic E-state index is 5.41. The van der Waals surface area contributed by atoms with E-state index >= 15 is 0 Å². The molecule has 6 nitrogen and oxygen atoms in total. The Bertz CT molecular complexity index is 503. The molecule has 2 rings (SSSR count). The molecule has 0 aliphatic carbocycles. The van der Waals surface area contributed by atoms with E-state index in [-0.39, 0.29) is 4.99 Å². The maximum Gasteiger partial charge on any atom is 0.148 e. The Morgan fingerprint density at radius 2 is 2.19 bits per heavy atom. The summed E-state index contributed by atoms with van der Waals surface area (Å²) in [4.78, 5) is 8.43. The molecule has 2 aromatic heterocycles. The highest BCUT2D eigenvalue weighted by molar-refractivity contribution is 7.80. The fraction of sp³-hybridized carbons (Fsp3) is 0.111. The van der Waals surface area contributed by atoms with Crippen molar-refractivity contribution >= 4 is 28.7 Å². The van der Waals surface area contributed by atoms with Crippen molar-refractivity contribution in [2.24, 2.45) is 12.8 Å². The molecular formula is C9H10N6S. The molecule has 0 saturated carbocycles. The van der Waals surface area contributed by atoms with Gasteiger partial charge in [0.25, 0.3) is 0 Å². The molecule has 0 saturated heterocycles. The van der Waals surface area contributed by atoms with Gasteiger partial charge in [-0.3, -0.25) is 4.68 Å². The Hall–Kier alpha value is -2.02. The van der Waals surface area contributed by atoms with Crippen molar-refractivity contribution in [1.29, 1.82) is 0 Å². The molecule has 3 N–H and O–H groups in total. The Kier molecular flexibility index (Phi) is 2.78. The zero-order valence-corrected chi connectivity index (χ0v) is 9.40. The van der Waals surface area contributed by atoms with Crippen LogP contribution in [0.15, 0.2) is 24.8 Å². The minimum Gasteiger partial charge on any atom is -0.388 e. The zero-order chi connectivity index (χ0) is 11.5. The number of nitrogens with zero attached hydrogens (tertiary/aromatic N) is 4. The Morgan fingerprint density at radius 1 is 1.38 bits per heavy atom. The van der Waals surface area contributed by atoms with Crippen LogP contribution in [-0.2, 0) is 7.05 Å². The lowest BCUT2D eigenvalue weighted by Gasteiger charge is -2.02. The topological polar surface area (TPSA) is 81.7 Å². The fourth-order valence-electron chi connectivity index (χ4n) is 1.15. The second-order valence-corrected chi connectivity index (χ2v) is 3.62. The van der Waals surface area contributed by atoms with Crippen LogP contribution in [0.1, 0.15) is 5.69 Å². The fourth-order valence-corrected chi connectivity index (χ4v) is 1.26. The van der Waals surface area contributed by atoms with Gasteiger partial charge in [0, 0.05) is 13.2 Å². The molecule has 7 heteroatoms. The highest BCUT2D eigenvalue weighted by Crippen LogP contribution is 2.11. The van der Waals surface area contributed by atoms with Crippen molar-refractivity contribution in [2.75, 3.05) is 5.32 Å². The lowest BCUT2D eigenvalue weighted by Crippen LogP contribution is -2.12. The average molecular weight is 234 g/mol. The third-order valence-corrected chi connectivity index (χ3v) is 2.09. The van der Waals surface area contributed by atoms with E-state index in [1.54, 1.807) is 17.1 Å². The number of aryl methyl sites for hydroxylation is 1. The lowest BCUT2D eigenvalue weighted by atomic mass is 10.4. The molecule has 2 heterocycles. The van der Waals surface area contributed by atoms with Gasteiger partial charge in [0.1, 0.15) is 16.5 Å². The van der Waals surface area contributed by atoms with Gasteiger partial charge < -0.3 is 11.1 Å². The van der Waals surface area contributed by atoms with Crippen LogP contribution in [-0.4, -0.2) is 24.7 Å². The van der Waals surface area contributed by atoms with Crippen LogP contribution >= 0.6 is 12.2 Å². The molecule has 0 fully saturated rings. The van der Waals surface area contributed by atoms with Gasteiger partial charge in [0.05, 0.1) is 24.3 Å². The summed E-state index contributed by atoms with van der Waals surface area (Å²) in [5.74, 6) is 0.619. The highest BCUT2D eigenvalue weighted by atomic mass is 32.1. The SMILES string of the molecule is Cn1cc(Nc2cnc(C(N)=S)cn2)cn1. The van der Waals surface area contributed by atoms with E-state index in [4.69, 9.17) is 18.0 Å². The summed E-state index contributed by atoms with van der Waals surface area (Å²) >= 11 is 4.78. The number of anilines is 2. The van der Waals surface area contributed by atoms with Crippen LogP contribution in [0.2, 0.25) is 0 Å². The van der Waals surface area contributed by atoms with E-state index in [1.165, 1.54) is 6.20 Å². The molecule has 0 atom stereocenters. The van der Waals surface area contributed by atoms with Crippen LogP contribution in [0, 0.1) is 0 Å². The van der Waals surface area contributed by atoms with Crippen molar-refractivity contribution in [3.63, 3.8) is 0 Å². The smallest absolute Gasteiger partial charge is 0.148 e. The highest BCUT2D eigenvalue weighted by Gasteiger charge is 2.01. The van der Waals surface area contributed by atoms with Gasteiger partial charge in [-0.1, -0.05) is 12.2 Å². The molecule has 0 radical (unpaired) electrons. The number of rotatable bonds is 3. The van der Waals surface area contributed by atoms with Crippen molar-refractivity contribution in [3.8, 4) is 0 Å². The molecule has 2 aromatic rings. The van der Waals surface area contributed by atoms with Gasteiger partial charge in [-0.05, 0) is 0 Å². The average Bonchev–Trinajstić information content (AvgIpc) is 2.65. The first kappa shape index (κ1) is 10.5. The quantitative estimate of drug-likeness (QED) is 0.756. The van der Waals surface area contributed by atoms with Crippen LogP contribution in [0.25, 0.3) is 0 Å². The third-order valence-electron chi connectivity index (χ3n) is 1.88. The standard InChI is InChI=1S/C9H10N6S/c1-15-5-6(2-13-15)14-8-4-11-7(3-12-8)9(10)16/h2-5H,1H3,(H2,10,16)(H,12,14). The molecule has 0 amide bonds. The Balaban J connectivity index is 2.14. The number of aromatic nitrogens is 4. The minimum atomic E-state index is 0.237. The predicted octanol–water partition coefficient (Wildman–Crippen LogP) is 0.588. The summed E-state index contributed by atoms with van der Waals surface area (Å²) in [5, 5.41) is 7.07. The first-order valence-corrected chi connectivity index (χ1v) is 4.93. The van der Waals surface area contributed by atoms with Gasteiger partial charge in [-0.2, -0.15) is 5.10 Å². The molecule has 0 spiro atoms. The summed E-state index contributed by atoms with van der Waals surface area (Å²) in [6.45, 7) is 0. The van der Waals surface area contributed by atoms with Gasteiger partial charge in [0.2, 0.25) is 0 Å². The van der Waals surface area contributed by atoms with E-state index in [9.17, 15) is 0 Å². The molecule has 0 aliphatic rings. The molecule has 0 aliphatic heterocycles. The van der Waals surface area contributed by atoms with Crippen molar-refractivity contribution < 1.29 is 0 Å². The first-order chi connectivity index (χ1) is 7.65.